The molecule has 0 aromatic heterocycles. The number of halogens is 1. The summed E-state index contributed by atoms with van der Waals surface area (Å²) >= 11 is 5.06. The summed E-state index contributed by atoms with van der Waals surface area (Å²) in [5.41, 5.74) is 3.39. The average Bonchev–Trinajstić information content (AvgIpc) is 3.13. The predicted octanol–water partition coefficient (Wildman–Crippen LogP) is 2.15. The number of carbonyl (C=O) groups excluding carboxylic acids is 1. The molecule has 1 fully saturated rings. The SMILES string of the molecule is O=C1C=C2S[C@H]3C[C@]2(C=C1Br)c1c2c4c(c(O)c1=N3)N=CC=4CCN2. The number of hydrogen-bond donors (Lipinski definition) is 2. The lowest BCUT2D eigenvalue weighted by molar-refractivity contribution is -0.110. The molecule has 0 unspecified atom stereocenters. The molecule has 0 radical (unpaired) electrons. The number of benzene rings is 1. The van der Waals surface area contributed by atoms with Gasteiger partial charge in [0.25, 0.3) is 0 Å². The van der Waals surface area contributed by atoms with Crippen LogP contribution < -0.4 is 15.9 Å². The number of aromatic hydroxyl groups is 1. The molecule has 0 saturated carbocycles. The van der Waals surface area contributed by atoms with Crippen molar-refractivity contribution >= 4 is 56.6 Å². The third-order valence-electron chi connectivity index (χ3n) is 5.58. The second-order valence-electron chi connectivity index (χ2n) is 6.87. The summed E-state index contributed by atoms with van der Waals surface area (Å²) in [6.45, 7) is 0.834. The highest BCUT2D eigenvalue weighted by atomic mass is 79.9. The van der Waals surface area contributed by atoms with Crippen LogP contribution in [0.3, 0.4) is 0 Å². The van der Waals surface area contributed by atoms with Crippen LogP contribution in [0.15, 0.2) is 31.5 Å². The van der Waals surface area contributed by atoms with Crippen LogP contribution in [0.5, 0.6) is 5.75 Å². The van der Waals surface area contributed by atoms with Crippen LogP contribution in [0, 0.1) is 0 Å². The first-order valence-electron chi connectivity index (χ1n) is 8.18. The van der Waals surface area contributed by atoms with Gasteiger partial charge in [-0.1, -0.05) is 6.08 Å². The van der Waals surface area contributed by atoms with E-state index < -0.39 is 5.41 Å². The molecule has 1 spiro atoms. The molecule has 2 bridgehead atoms. The summed E-state index contributed by atoms with van der Waals surface area (Å²) in [5, 5.41) is 16.1. The predicted molar refractivity (Wildman–Crippen MR) is 101 cm³/mol. The van der Waals surface area contributed by atoms with E-state index in [1.54, 1.807) is 17.8 Å². The van der Waals surface area contributed by atoms with Gasteiger partial charge < -0.3 is 10.4 Å². The van der Waals surface area contributed by atoms with Gasteiger partial charge in [0.05, 0.1) is 15.6 Å². The molecule has 2 N–H and O–H groups in total. The second kappa shape index (κ2) is 4.45. The minimum Gasteiger partial charge on any atom is -0.504 e. The Labute approximate surface area is 155 Å². The van der Waals surface area contributed by atoms with Crippen molar-refractivity contribution in [3.8, 4) is 5.75 Å². The van der Waals surface area contributed by atoms with Crippen LogP contribution >= 0.6 is 27.7 Å². The van der Waals surface area contributed by atoms with Crippen LogP contribution in [0.25, 0.3) is 5.57 Å². The molecule has 5 aliphatic rings. The maximum Gasteiger partial charge on any atom is 0.193 e. The smallest absolute Gasteiger partial charge is 0.193 e. The van der Waals surface area contributed by atoms with E-state index in [-0.39, 0.29) is 16.9 Å². The molecular weight excluding hydrogens is 402 g/mol. The van der Waals surface area contributed by atoms with Gasteiger partial charge in [0.1, 0.15) is 16.4 Å². The third-order valence-corrected chi connectivity index (χ3v) is 7.48. The fourth-order valence-corrected chi connectivity index (χ4v) is 6.49. The quantitative estimate of drug-likeness (QED) is 0.639. The van der Waals surface area contributed by atoms with Crippen LogP contribution in [0.1, 0.15) is 18.4 Å². The molecule has 1 aromatic rings. The van der Waals surface area contributed by atoms with Gasteiger partial charge in [-0.3, -0.25) is 14.8 Å². The van der Waals surface area contributed by atoms with Gasteiger partial charge in [-0.15, -0.1) is 11.8 Å². The van der Waals surface area contributed by atoms with Crippen molar-refractivity contribution in [2.24, 2.45) is 9.98 Å². The molecule has 0 amide bonds. The molecule has 2 atom stereocenters. The van der Waals surface area contributed by atoms with Crippen molar-refractivity contribution in [2.45, 2.75) is 23.6 Å². The van der Waals surface area contributed by atoms with E-state index in [0.29, 0.717) is 15.5 Å². The Balaban J connectivity index is 1.81. The number of allylic oxidation sites excluding steroid dienone is 4. The first-order chi connectivity index (χ1) is 12.1. The molecule has 1 aromatic carbocycles. The summed E-state index contributed by atoms with van der Waals surface area (Å²) in [4.78, 5) is 22.5. The number of rotatable bonds is 0. The maximum absolute atomic E-state index is 12.2. The van der Waals surface area contributed by atoms with Crippen molar-refractivity contribution < 1.29 is 9.90 Å². The van der Waals surface area contributed by atoms with E-state index in [0.717, 1.165) is 46.3 Å². The van der Waals surface area contributed by atoms with Crippen LogP contribution in [-0.4, -0.2) is 29.0 Å². The Morgan fingerprint density at radius 1 is 1.44 bits per heavy atom. The first kappa shape index (κ1) is 14.3. The van der Waals surface area contributed by atoms with Crippen LogP contribution in [0.4, 0.5) is 11.4 Å². The Morgan fingerprint density at radius 3 is 3.20 bits per heavy atom. The third kappa shape index (κ3) is 1.59. The number of fused-ring (bicyclic) bond motifs is 3. The Hall–Kier alpha value is -1.86. The normalized spacial score (nSPS) is 30.0. The van der Waals surface area contributed by atoms with E-state index in [9.17, 15) is 9.90 Å². The summed E-state index contributed by atoms with van der Waals surface area (Å²) < 4.78 is 0.578. The standard InChI is InChI=1S/C18H12BrN3O2S/c19-8-4-18-5-11(25-10(18)3-9(8)23)22-16-13(18)14-12-7(1-2-20-14)6-21-15(12)17(16)24/h3-4,6,11,20,24H,1-2,5H2/t11-,18-/m0/s1. The largest absolute Gasteiger partial charge is 0.504 e. The molecule has 6 rings (SSSR count). The topological polar surface area (TPSA) is 74.0 Å². The van der Waals surface area contributed by atoms with E-state index in [1.165, 1.54) is 0 Å². The zero-order chi connectivity index (χ0) is 16.9. The zero-order valence-electron chi connectivity index (χ0n) is 13.0. The number of phenolic OH excluding ortho intramolecular Hbond substituents is 1. The fourth-order valence-electron chi connectivity index (χ4n) is 4.56. The summed E-state index contributed by atoms with van der Waals surface area (Å²) in [6, 6.07) is 0. The molecule has 7 heteroatoms. The number of anilines is 1. The Kier molecular flexibility index (Phi) is 2.55. The number of ketones is 1. The van der Waals surface area contributed by atoms with Crippen LogP contribution in [0.2, 0.25) is 0 Å². The van der Waals surface area contributed by atoms with Crippen molar-refractivity contribution in [2.75, 3.05) is 11.9 Å². The number of hydrogen-bond acceptors (Lipinski definition) is 6. The summed E-state index contributed by atoms with van der Waals surface area (Å²) in [5.74, 6) is 0.154. The van der Waals surface area contributed by atoms with Gasteiger partial charge in [0.15, 0.2) is 11.5 Å². The molecule has 25 heavy (non-hydrogen) atoms. The fraction of sp³-hybridized carbons (Fsp3) is 0.278. The van der Waals surface area contributed by atoms with E-state index in [2.05, 4.69) is 26.2 Å². The highest BCUT2D eigenvalue weighted by Gasteiger charge is 2.52. The van der Waals surface area contributed by atoms with Gasteiger partial charge in [-0.2, -0.15) is 0 Å². The summed E-state index contributed by atoms with van der Waals surface area (Å²) in [6.07, 6.45) is 7.29. The maximum atomic E-state index is 12.2. The first-order valence-corrected chi connectivity index (χ1v) is 9.86. The van der Waals surface area contributed by atoms with E-state index in [1.807, 2.05) is 12.3 Å². The minimum atomic E-state index is -0.404. The Bertz CT molecular complexity index is 1130. The zero-order valence-corrected chi connectivity index (χ0v) is 15.4. The summed E-state index contributed by atoms with van der Waals surface area (Å²) in [7, 11) is 0. The van der Waals surface area contributed by atoms with Crippen molar-refractivity contribution in [3.05, 3.63) is 37.7 Å². The number of nitrogens with one attached hydrogen (secondary N) is 1. The minimum absolute atomic E-state index is 0.00905. The molecule has 124 valence electrons. The molecule has 1 aliphatic carbocycles. The van der Waals surface area contributed by atoms with Gasteiger partial charge >= 0.3 is 0 Å². The van der Waals surface area contributed by atoms with Gasteiger partial charge in [-0.25, -0.2) is 0 Å². The van der Waals surface area contributed by atoms with Crippen molar-refractivity contribution in [3.63, 3.8) is 0 Å². The van der Waals surface area contributed by atoms with Crippen molar-refractivity contribution in [1.82, 2.24) is 0 Å². The number of nitrogens with zero attached hydrogens (tertiary/aromatic N) is 2. The Morgan fingerprint density at radius 2 is 2.32 bits per heavy atom. The molecular formula is C18H12BrN3O2S. The molecule has 4 heterocycles. The number of aliphatic imine (C=N–C) groups is 1. The average molecular weight is 414 g/mol. The van der Waals surface area contributed by atoms with Gasteiger partial charge in [0, 0.05) is 28.4 Å². The van der Waals surface area contributed by atoms with Crippen LogP contribution in [-0.2, 0) is 10.2 Å². The number of thioether (sulfide) groups is 1. The lowest BCUT2D eigenvalue weighted by Crippen LogP contribution is -2.40. The lowest BCUT2D eigenvalue weighted by Gasteiger charge is -2.35. The van der Waals surface area contributed by atoms with Gasteiger partial charge in [0.2, 0.25) is 0 Å². The van der Waals surface area contributed by atoms with E-state index in [4.69, 9.17) is 4.99 Å². The number of phenols is 1. The molecule has 5 nitrogen and oxygen atoms in total. The monoisotopic (exact) mass is 413 g/mol. The van der Waals surface area contributed by atoms with E-state index >= 15 is 0 Å². The van der Waals surface area contributed by atoms with Gasteiger partial charge in [-0.05, 0) is 40.4 Å². The highest BCUT2D eigenvalue weighted by molar-refractivity contribution is 9.12. The van der Waals surface area contributed by atoms with Crippen molar-refractivity contribution in [1.29, 1.82) is 0 Å². The highest BCUT2D eigenvalue weighted by Crippen LogP contribution is 2.58. The number of carbonyl (C=O) groups is 1. The molecule has 1 saturated heterocycles. The molecule has 4 aliphatic heterocycles. The second-order valence-corrected chi connectivity index (χ2v) is 8.95. The lowest BCUT2D eigenvalue weighted by atomic mass is 9.71.